The van der Waals surface area contributed by atoms with E-state index >= 15 is 0 Å². The van der Waals surface area contributed by atoms with Gasteiger partial charge in [0.15, 0.2) is 11.6 Å². The van der Waals surface area contributed by atoms with Gasteiger partial charge in [0.1, 0.15) is 6.61 Å². The van der Waals surface area contributed by atoms with Crippen molar-refractivity contribution in [3.05, 3.63) is 29.6 Å². The number of halogens is 1. The van der Waals surface area contributed by atoms with Crippen molar-refractivity contribution in [1.82, 2.24) is 0 Å². The fourth-order valence-corrected chi connectivity index (χ4v) is 1.25. The highest BCUT2D eigenvalue weighted by Crippen LogP contribution is 2.21. The molecule has 16 heavy (non-hydrogen) atoms. The highest BCUT2D eigenvalue weighted by molar-refractivity contribution is 5.30. The third kappa shape index (κ3) is 3.79. The molecule has 1 aromatic carbocycles. The van der Waals surface area contributed by atoms with Gasteiger partial charge in [0, 0.05) is 6.61 Å². The molecule has 1 atom stereocenters. The minimum Gasteiger partial charge on any atom is -0.488 e. The maximum atomic E-state index is 13.4. The topological polar surface area (TPSA) is 38.7 Å². The van der Waals surface area contributed by atoms with Crippen LogP contribution in [-0.2, 0) is 4.74 Å². The smallest absolute Gasteiger partial charge is 0.165 e. The standard InChI is InChI=1S/C12H17FO3/c1-3-15-6-7-16-12-5-4-10(9(2)14)8-11(12)13/h4-5,8-9,14H,3,6-7H2,1-2H3. The highest BCUT2D eigenvalue weighted by Gasteiger charge is 2.07. The molecule has 0 bridgehead atoms. The summed E-state index contributed by atoms with van der Waals surface area (Å²) in [6.07, 6.45) is -0.674. The van der Waals surface area contributed by atoms with Crippen molar-refractivity contribution in [2.45, 2.75) is 20.0 Å². The Labute approximate surface area is 94.8 Å². The molecule has 0 aliphatic rings. The van der Waals surface area contributed by atoms with Gasteiger partial charge in [-0.1, -0.05) is 6.07 Å². The summed E-state index contributed by atoms with van der Waals surface area (Å²) in [5, 5.41) is 9.26. The van der Waals surface area contributed by atoms with Gasteiger partial charge in [-0.05, 0) is 31.5 Å². The van der Waals surface area contributed by atoms with Crippen LogP contribution >= 0.6 is 0 Å². The van der Waals surface area contributed by atoms with Crippen LogP contribution in [0, 0.1) is 5.82 Å². The van der Waals surface area contributed by atoms with E-state index in [0.29, 0.717) is 25.4 Å². The van der Waals surface area contributed by atoms with Crippen molar-refractivity contribution in [3.8, 4) is 5.75 Å². The summed E-state index contributed by atoms with van der Waals surface area (Å²) in [6.45, 7) is 4.85. The number of rotatable bonds is 6. The summed E-state index contributed by atoms with van der Waals surface area (Å²) in [7, 11) is 0. The van der Waals surface area contributed by atoms with Crippen LogP contribution in [-0.4, -0.2) is 24.9 Å². The Hall–Kier alpha value is -1.13. The van der Waals surface area contributed by atoms with Gasteiger partial charge >= 0.3 is 0 Å². The van der Waals surface area contributed by atoms with E-state index in [-0.39, 0.29) is 5.75 Å². The molecule has 3 nitrogen and oxygen atoms in total. The van der Waals surface area contributed by atoms with Crippen LogP contribution in [0.3, 0.4) is 0 Å². The Morgan fingerprint density at radius 2 is 2.12 bits per heavy atom. The minimum atomic E-state index is -0.674. The Bertz CT molecular complexity index is 326. The first-order chi connectivity index (χ1) is 7.65. The van der Waals surface area contributed by atoms with Crippen molar-refractivity contribution in [3.63, 3.8) is 0 Å². The van der Waals surface area contributed by atoms with E-state index in [1.807, 2.05) is 6.92 Å². The van der Waals surface area contributed by atoms with Gasteiger partial charge in [0.05, 0.1) is 12.7 Å². The van der Waals surface area contributed by atoms with Gasteiger partial charge in [0.25, 0.3) is 0 Å². The second-order valence-corrected chi connectivity index (χ2v) is 3.41. The van der Waals surface area contributed by atoms with Crippen molar-refractivity contribution < 1.29 is 19.0 Å². The molecule has 0 saturated heterocycles. The van der Waals surface area contributed by atoms with Gasteiger partial charge < -0.3 is 14.6 Å². The summed E-state index contributed by atoms with van der Waals surface area (Å²) in [5.41, 5.74) is 0.537. The zero-order valence-electron chi connectivity index (χ0n) is 9.57. The summed E-state index contributed by atoms with van der Waals surface area (Å²) in [5.74, 6) is -0.279. The number of hydrogen-bond donors (Lipinski definition) is 1. The molecular formula is C12H17FO3. The highest BCUT2D eigenvalue weighted by atomic mass is 19.1. The van der Waals surface area contributed by atoms with Gasteiger partial charge in [-0.2, -0.15) is 0 Å². The molecule has 90 valence electrons. The molecule has 0 fully saturated rings. The molecule has 0 radical (unpaired) electrons. The van der Waals surface area contributed by atoms with Crippen LogP contribution in [0.15, 0.2) is 18.2 Å². The first-order valence-electron chi connectivity index (χ1n) is 5.33. The first kappa shape index (κ1) is 12.9. The third-order valence-corrected chi connectivity index (χ3v) is 2.13. The SMILES string of the molecule is CCOCCOc1ccc(C(C)O)cc1F. The van der Waals surface area contributed by atoms with Crippen molar-refractivity contribution in [2.75, 3.05) is 19.8 Å². The predicted octanol–water partition coefficient (Wildman–Crippen LogP) is 2.29. The molecule has 0 aliphatic carbocycles. The number of ether oxygens (including phenoxy) is 2. The summed E-state index contributed by atoms with van der Waals surface area (Å²) in [4.78, 5) is 0. The van der Waals surface area contributed by atoms with Crippen LogP contribution in [0.1, 0.15) is 25.5 Å². The lowest BCUT2D eigenvalue weighted by Gasteiger charge is -2.09. The van der Waals surface area contributed by atoms with Crippen LogP contribution in [0.2, 0.25) is 0 Å². The van der Waals surface area contributed by atoms with E-state index in [4.69, 9.17) is 9.47 Å². The van der Waals surface area contributed by atoms with E-state index in [0.717, 1.165) is 0 Å². The second-order valence-electron chi connectivity index (χ2n) is 3.41. The molecule has 0 heterocycles. The summed E-state index contributed by atoms with van der Waals surface area (Å²) in [6, 6.07) is 4.44. The van der Waals surface area contributed by atoms with Gasteiger partial charge in [0.2, 0.25) is 0 Å². The monoisotopic (exact) mass is 228 g/mol. The van der Waals surface area contributed by atoms with Crippen molar-refractivity contribution in [2.24, 2.45) is 0 Å². The van der Waals surface area contributed by atoms with Crippen molar-refractivity contribution >= 4 is 0 Å². The average Bonchev–Trinajstić information content (AvgIpc) is 2.26. The lowest BCUT2D eigenvalue weighted by Crippen LogP contribution is -2.07. The van der Waals surface area contributed by atoms with E-state index in [1.54, 1.807) is 13.0 Å². The third-order valence-electron chi connectivity index (χ3n) is 2.13. The Morgan fingerprint density at radius 3 is 2.69 bits per heavy atom. The van der Waals surface area contributed by atoms with E-state index in [1.165, 1.54) is 12.1 Å². The lowest BCUT2D eigenvalue weighted by atomic mass is 10.1. The second kappa shape index (κ2) is 6.45. The van der Waals surface area contributed by atoms with E-state index in [9.17, 15) is 9.50 Å². The fourth-order valence-electron chi connectivity index (χ4n) is 1.25. The number of hydrogen-bond acceptors (Lipinski definition) is 3. The molecule has 4 heteroatoms. The summed E-state index contributed by atoms with van der Waals surface area (Å²) < 4.78 is 23.7. The molecule has 1 aromatic rings. The van der Waals surface area contributed by atoms with E-state index in [2.05, 4.69) is 0 Å². The van der Waals surface area contributed by atoms with Crippen LogP contribution in [0.5, 0.6) is 5.75 Å². The van der Waals surface area contributed by atoms with Gasteiger partial charge in [-0.25, -0.2) is 4.39 Å². The molecular weight excluding hydrogens is 211 g/mol. The molecule has 1 rings (SSSR count). The Balaban J connectivity index is 2.54. The zero-order valence-corrected chi connectivity index (χ0v) is 9.57. The largest absolute Gasteiger partial charge is 0.488 e. The number of aliphatic hydroxyl groups is 1. The Morgan fingerprint density at radius 1 is 1.38 bits per heavy atom. The maximum absolute atomic E-state index is 13.4. The number of benzene rings is 1. The quantitative estimate of drug-likeness (QED) is 0.759. The normalized spacial score (nSPS) is 12.5. The zero-order chi connectivity index (χ0) is 12.0. The van der Waals surface area contributed by atoms with Crippen LogP contribution in [0.25, 0.3) is 0 Å². The molecule has 1 N–H and O–H groups in total. The van der Waals surface area contributed by atoms with E-state index < -0.39 is 11.9 Å². The lowest BCUT2D eigenvalue weighted by molar-refractivity contribution is 0.108. The number of aliphatic hydroxyl groups excluding tert-OH is 1. The molecule has 0 aromatic heterocycles. The van der Waals surface area contributed by atoms with Gasteiger partial charge in [-0.3, -0.25) is 0 Å². The summed E-state index contributed by atoms with van der Waals surface area (Å²) >= 11 is 0. The molecule has 1 unspecified atom stereocenters. The molecule has 0 amide bonds. The average molecular weight is 228 g/mol. The first-order valence-corrected chi connectivity index (χ1v) is 5.33. The Kier molecular flexibility index (Phi) is 5.22. The minimum absolute atomic E-state index is 0.184. The van der Waals surface area contributed by atoms with Crippen LogP contribution in [0.4, 0.5) is 4.39 Å². The van der Waals surface area contributed by atoms with Crippen molar-refractivity contribution in [1.29, 1.82) is 0 Å². The molecule has 0 aliphatic heterocycles. The molecule has 0 spiro atoms. The maximum Gasteiger partial charge on any atom is 0.165 e. The van der Waals surface area contributed by atoms with Crippen LogP contribution < -0.4 is 4.74 Å². The fraction of sp³-hybridized carbons (Fsp3) is 0.500. The molecule has 0 saturated carbocycles. The predicted molar refractivity (Wildman–Crippen MR) is 59.0 cm³/mol. The van der Waals surface area contributed by atoms with Gasteiger partial charge in [-0.15, -0.1) is 0 Å².